The Hall–Kier alpha value is -3.31. The lowest BCUT2D eigenvalue weighted by atomic mass is 10.0. The quantitative estimate of drug-likeness (QED) is 0.572. The number of anilines is 1. The van der Waals surface area contributed by atoms with Gasteiger partial charge in [0.1, 0.15) is 0 Å². The van der Waals surface area contributed by atoms with Gasteiger partial charge in [0, 0.05) is 35.4 Å². The number of rotatable bonds is 4. The van der Waals surface area contributed by atoms with Gasteiger partial charge in [-0.1, -0.05) is 54.6 Å². The fourth-order valence-corrected chi connectivity index (χ4v) is 3.69. The minimum absolute atomic E-state index is 0.216. The number of aromatic amines is 1. The van der Waals surface area contributed by atoms with Crippen LogP contribution in [-0.4, -0.2) is 36.0 Å². The maximum absolute atomic E-state index is 11.6. The second-order valence-electron chi connectivity index (χ2n) is 7.05. The average Bonchev–Trinajstić information content (AvgIpc) is 3.20. The molecule has 0 aliphatic carbocycles. The number of fused-ring (bicyclic) bond motifs is 1. The van der Waals surface area contributed by atoms with E-state index < -0.39 is 18.8 Å². The number of para-hydroxylation sites is 1. The van der Waals surface area contributed by atoms with Crippen molar-refractivity contribution in [2.45, 2.75) is 6.50 Å². The fraction of sp³-hybridized carbons (Fsp3) is 0.208. The molecule has 5 nitrogen and oxygen atoms in total. The molecule has 1 saturated heterocycles. The van der Waals surface area contributed by atoms with Crippen molar-refractivity contribution in [2.75, 3.05) is 31.1 Å². The van der Waals surface area contributed by atoms with Gasteiger partial charge in [0.15, 0.2) is 5.58 Å². The first kappa shape index (κ1) is 14.7. The predicted octanol–water partition coefficient (Wildman–Crippen LogP) is 4.11. The number of hydrogen-bond donors (Lipinski definition) is 1. The van der Waals surface area contributed by atoms with Crippen molar-refractivity contribution in [1.29, 1.82) is 0 Å². The lowest BCUT2D eigenvalue weighted by Crippen LogP contribution is -2.46. The van der Waals surface area contributed by atoms with Crippen LogP contribution in [-0.2, 0) is 6.50 Å². The number of hydrogen-bond acceptors (Lipinski definition) is 4. The molecule has 1 fully saturated rings. The summed E-state index contributed by atoms with van der Waals surface area (Å²) in [7, 11) is 0. The van der Waals surface area contributed by atoms with Crippen LogP contribution in [0, 0.1) is 0 Å². The second-order valence-corrected chi connectivity index (χ2v) is 7.05. The summed E-state index contributed by atoms with van der Waals surface area (Å²) in [5, 5.41) is 0. The molecule has 3 aromatic carbocycles. The van der Waals surface area contributed by atoms with Gasteiger partial charge in [0.2, 0.25) is 0 Å². The van der Waals surface area contributed by atoms with Crippen LogP contribution in [0.3, 0.4) is 0 Å². The minimum atomic E-state index is -1.72. The van der Waals surface area contributed by atoms with E-state index in [0.717, 1.165) is 11.1 Å². The Morgan fingerprint density at radius 2 is 1.79 bits per heavy atom. The molecule has 1 N–H and O–H groups in total. The molecule has 1 aliphatic heterocycles. The Balaban J connectivity index is 1.39. The topological polar surface area (TPSA) is 52.5 Å². The molecule has 0 spiro atoms. The van der Waals surface area contributed by atoms with E-state index in [9.17, 15) is 4.79 Å². The number of nitrogens with one attached hydrogen (secondary N) is 1. The van der Waals surface area contributed by atoms with E-state index in [-0.39, 0.29) is 6.54 Å². The van der Waals surface area contributed by atoms with Crippen molar-refractivity contribution >= 4 is 16.8 Å². The molecule has 5 rings (SSSR count). The fourth-order valence-electron chi connectivity index (χ4n) is 3.69. The molecule has 0 saturated carbocycles. The highest BCUT2D eigenvalue weighted by Gasteiger charge is 2.20. The van der Waals surface area contributed by atoms with E-state index in [1.807, 2.05) is 65.6 Å². The third-order valence-electron chi connectivity index (χ3n) is 5.13. The zero-order valence-corrected chi connectivity index (χ0v) is 15.8. The third kappa shape index (κ3) is 3.69. The van der Waals surface area contributed by atoms with Crippen LogP contribution in [0.4, 0.5) is 5.69 Å². The van der Waals surface area contributed by atoms with Crippen LogP contribution < -0.4 is 10.7 Å². The normalized spacial score (nSPS) is 19.7. The van der Waals surface area contributed by atoms with Gasteiger partial charge < -0.3 is 9.32 Å². The maximum atomic E-state index is 11.6. The molecule has 1 unspecified atom stereocenters. The molecule has 2 heterocycles. The Morgan fingerprint density at radius 1 is 0.966 bits per heavy atom. The van der Waals surface area contributed by atoms with Gasteiger partial charge in [0.05, 0.1) is 12.6 Å². The summed E-state index contributed by atoms with van der Waals surface area (Å²) in [5.41, 5.74) is 4.26. The zero-order valence-electron chi connectivity index (χ0n) is 18.8. The minimum Gasteiger partial charge on any atom is -0.406 e. The van der Waals surface area contributed by atoms with Crippen molar-refractivity contribution in [3.63, 3.8) is 0 Å². The van der Waals surface area contributed by atoms with Crippen LogP contribution in [0.25, 0.3) is 22.2 Å². The van der Waals surface area contributed by atoms with Crippen LogP contribution in [0.5, 0.6) is 0 Å². The molecular weight excluding hydrogens is 362 g/mol. The largest absolute Gasteiger partial charge is 0.417 e. The number of piperazine rings is 1. The molecule has 0 bridgehead atoms. The van der Waals surface area contributed by atoms with Gasteiger partial charge in [-0.05, 0) is 34.9 Å². The molecule has 0 radical (unpaired) electrons. The first-order valence-electron chi connectivity index (χ1n) is 11.2. The molecule has 1 atom stereocenters. The van der Waals surface area contributed by atoms with Crippen molar-refractivity contribution < 1.29 is 8.53 Å². The van der Waals surface area contributed by atoms with E-state index >= 15 is 0 Å². The summed E-state index contributed by atoms with van der Waals surface area (Å²) in [6.07, 6.45) is 0. The SMILES string of the molecule is [2H]C1CN(C([2H])([2H])c2cccc(-c3ccccc3)c2)CCN1c1cccc2[nH]c(=O)oc12. The van der Waals surface area contributed by atoms with Crippen LogP contribution in [0.1, 0.15) is 9.68 Å². The van der Waals surface area contributed by atoms with E-state index in [1.165, 1.54) is 0 Å². The number of nitrogens with zero attached hydrogens (tertiary/aromatic N) is 2. The van der Waals surface area contributed by atoms with Crippen LogP contribution >= 0.6 is 0 Å². The number of H-pyrrole nitrogens is 1. The Morgan fingerprint density at radius 3 is 2.66 bits per heavy atom. The van der Waals surface area contributed by atoms with Crippen LogP contribution in [0.2, 0.25) is 0 Å². The highest BCUT2D eigenvalue weighted by atomic mass is 16.4. The molecule has 5 heteroatoms. The van der Waals surface area contributed by atoms with E-state index in [1.54, 1.807) is 17.0 Å². The monoisotopic (exact) mass is 388 g/mol. The molecule has 1 aliphatic rings. The first-order valence-corrected chi connectivity index (χ1v) is 9.65. The van der Waals surface area contributed by atoms with Crippen molar-refractivity contribution in [3.05, 3.63) is 88.9 Å². The molecule has 146 valence electrons. The Kier molecular flexibility index (Phi) is 3.84. The number of aromatic nitrogens is 1. The number of oxazole rings is 1. The van der Waals surface area contributed by atoms with Gasteiger partial charge in [0.25, 0.3) is 0 Å². The molecule has 29 heavy (non-hydrogen) atoms. The first-order chi connectivity index (χ1) is 15.4. The standard InChI is InChI=1S/C24H23N3O2/c28-24-25-21-10-5-11-22(23(21)29-24)27-14-12-26(13-15-27)17-18-6-4-9-20(16-18)19-7-2-1-3-8-19/h1-11,16H,12-15,17H2,(H,25,28)/i14D,17D2. The lowest BCUT2D eigenvalue weighted by Gasteiger charge is -2.36. The highest BCUT2D eigenvalue weighted by molar-refractivity contribution is 5.86. The summed E-state index contributed by atoms with van der Waals surface area (Å²) in [5.74, 6) is -0.526. The predicted molar refractivity (Wildman–Crippen MR) is 116 cm³/mol. The van der Waals surface area contributed by atoms with Crippen molar-refractivity contribution in [1.82, 2.24) is 9.88 Å². The van der Waals surface area contributed by atoms with Crippen molar-refractivity contribution in [2.24, 2.45) is 0 Å². The molecular formula is C24H23N3O2. The van der Waals surface area contributed by atoms with Gasteiger partial charge in [-0.25, -0.2) is 4.79 Å². The summed E-state index contributed by atoms with van der Waals surface area (Å²) in [6, 6.07) is 22.8. The zero-order chi connectivity index (χ0) is 22.3. The van der Waals surface area contributed by atoms with Gasteiger partial charge >= 0.3 is 5.76 Å². The van der Waals surface area contributed by atoms with E-state index in [2.05, 4.69) is 4.98 Å². The maximum Gasteiger partial charge on any atom is 0.417 e. The Labute approximate surface area is 173 Å². The lowest BCUT2D eigenvalue weighted by molar-refractivity contribution is 0.250. The summed E-state index contributed by atoms with van der Waals surface area (Å²) in [6.45, 7) is -1.33. The van der Waals surface area contributed by atoms with Crippen molar-refractivity contribution in [3.8, 4) is 11.1 Å². The third-order valence-corrected chi connectivity index (χ3v) is 5.13. The number of benzene rings is 3. The molecule has 0 amide bonds. The average molecular weight is 388 g/mol. The smallest absolute Gasteiger partial charge is 0.406 e. The molecule has 4 aromatic rings. The summed E-state index contributed by atoms with van der Waals surface area (Å²) < 4.78 is 31.7. The summed E-state index contributed by atoms with van der Waals surface area (Å²) >= 11 is 0. The Bertz CT molecular complexity index is 1300. The van der Waals surface area contributed by atoms with Gasteiger partial charge in [-0.15, -0.1) is 0 Å². The van der Waals surface area contributed by atoms with E-state index in [4.69, 9.17) is 8.53 Å². The van der Waals surface area contributed by atoms with E-state index in [0.29, 0.717) is 35.4 Å². The van der Waals surface area contributed by atoms with Gasteiger partial charge in [-0.2, -0.15) is 0 Å². The van der Waals surface area contributed by atoms with Gasteiger partial charge in [-0.3, -0.25) is 9.88 Å². The summed E-state index contributed by atoms with van der Waals surface area (Å²) in [4.78, 5) is 17.8. The molecule has 1 aromatic heterocycles. The van der Waals surface area contributed by atoms with Crippen LogP contribution in [0.15, 0.2) is 82.0 Å². The second kappa shape index (κ2) is 7.60. The highest BCUT2D eigenvalue weighted by Crippen LogP contribution is 2.26.